The quantitative estimate of drug-likeness (QED) is 0.665. The molecule has 2 atom stereocenters. The SMILES string of the molecule is C[C@@H](NC(=O)c1cccc(NC(=O)C[C@@H]2SC(N3CCCCC3)=NC2=O)c1)c1cccs1. The molecule has 0 bridgehead atoms. The Labute approximate surface area is 195 Å². The van der Waals surface area contributed by atoms with Gasteiger partial charge in [-0.15, -0.1) is 11.3 Å². The van der Waals surface area contributed by atoms with Crippen LogP contribution in [0.15, 0.2) is 46.8 Å². The van der Waals surface area contributed by atoms with Crippen molar-refractivity contribution in [2.24, 2.45) is 4.99 Å². The Kier molecular flexibility index (Phi) is 7.26. The number of piperidine rings is 1. The molecule has 3 amide bonds. The predicted octanol–water partition coefficient (Wildman–Crippen LogP) is 4.05. The molecular weight excluding hydrogens is 444 g/mol. The van der Waals surface area contributed by atoms with Gasteiger partial charge in [0.25, 0.3) is 11.8 Å². The summed E-state index contributed by atoms with van der Waals surface area (Å²) in [6.07, 6.45) is 3.47. The van der Waals surface area contributed by atoms with Crippen LogP contribution in [-0.2, 0) is 9.59 Å². The van der Waals surface area contributed by atoms with Crippen LogP contribution in [0.25, 0.3) is 0 Å². The van der Waals surface area contributed by atoms with E-state index in [0.717, 1.165) is 36.0 Å². The second-order valence-electron chi connectivity index (χ2n) is 7.93. The van der Waals surface area contributed by atoms with E-state index in [1.807, 2.05) is 24.4 Å². The minimum atomic E-state index is -0.495. The van der Waals surface area contributed by atoms with E-state index in [-0.39, 0.29) is 30.2 Å². The molecule has 0 spiro atoms. The summed E-state index contributed by atoms with van der Waals surface area (Å²) < 4.78 is 0. The van der Waals surface area contributed by atoms with Crippen LogP contribution in [0.2, 0.25) is 0 Å². The number of nitrogens with one attached hydrogen (secondary N) is 2. The topological polar surface area (TPSA) is 90.9 Å². The van der Waals surface area contributed by atoms with Crippen molar-refractivity contribution >= 4 is 51.7 Å². The van der Waals surface area contributed by atoms with Gasteiger partial charge in [0.05, 0.1) is 6.04 Å². The number of nitrogens with zero attached hydrogens (tertiary/aromatic N) is 2. The van der Waals surface area contributed by atoms with Gasteiger partial charge in [0.15, 0.2) is 5.17 Å². The van der Waals surface area contributed by atoms with Gasteiger partial charge in [0, 0.05) is 35.6 Å². The number of anilines is 1. The fourth-order valence-corrected chi connectivity index (χ4v) is 5.59. The zero-order chi connectivity index (χ0) is 22.5. The van der Waals surface area contributed by atoms with Gasteiger partial charge in [-0.05, 0) is 55.8 Å². The highest BCUT2D eigenvalue weighted by Crippen LogP contribution is 2.29. The molecule has 0 saturated carbocycles. The molecule has 3 heterocycles. The van der Waals surface area contributed by atoms with E-state index in [2.05, 4.69) is 20.5 Å². The molecule has 0 unspecified atom stereocenters. The lowest BCUT2D eigenvalue weighted by atomic mass is 10.1. The number of aliphatic imine (C=N–C) groups is 1. The summed E-state index contributed by atoms with van der Waals surface area (Å²) in [5.41, 5.74) is 0.993. The minimum absolute atomic E-state index is 0.0518. The van der Waals surface area contributed by atoms with E-state index in [1.54, 1.807) is 35.6 Å². The molecule has 0 radical (unpaired) electrons. The van der Waals surface area contributed by atoms with Crippen molar-refractivity contribution in [3.8, 4) is 0 Å². The number of likely N-dealkylation sites (tertiary alicyclic amines) is 1. The summed E-state index contributed by atoms with van der Waals surface area (Å²) in [6, 6.07) is 10.7. The maximum atomic E-state index is 12.6. The van der Waals surface area contributed by atoms with Crippen LogP contribution in [0.4, 0.5) is 5.69 Å². The highest BCUT2D eigenvalue weighted by atomic mass is 32.2. The first-order valence-corrected chi connectivity index (χ1v) is 12.5. The lowest BCUT2D eigenvalue weighted by molar-refractivity contribution is -0.121. The Morgan fingerprint density at radius 3 is 2.75 bits per heavy atom. The van der Waals surface area contributed by atoms with Gasteiger partial charge in [-0.1, -0.05) is 23.9 Å². The van der Waals surface area contributed by atoms with Crippen LogP contribution in [0, 0.1) is 0 Å². The maximum absolute atomic E-state index is 12.6. The van der Waals surface area contributed by atoms with Crippen molar-refractivity contribution in [3.63, 3.8) is 0 Å². The van der Waals surface area contributed by atoms with Crippen molar-refractivity contribution in [3.05, 3.63) is 52.2 Å². The predicted molar refractivity (Wildman–Crippen MR) is 129 cm³/mol. The summed E-state index contributed by atoms with van der Waals surface area (Å²) in [4.78, 5) is 44.9. The molecule has 2 aliphatic heterocycles. The fourth-order valence-electron chi connectivity index (χ4n) is 3.74. The van der Waals surface area contributed by atoms with Crippen LogP contribution in [0.1, 0.15) is 53.9 Å². The molecule has 168 valence electrons. The highest BCUT2D eigenvalue weighted by Gasteiger charge is 2.33. The molecule has 1 aromatic heterocycles. The molecule has 1 saturated heterocycles. The van der Waals surface area contributed by atoms with Crippen molar-refractivity contribution in [1.29, 1.82) is 0 Å². The summed E-state index contributed by atoms with van der Waals surface area (Å²) in [5.74, 6) is -0.722. The molecule has 9 heteroatoms. The summed E-state index contributed by atoms with van der Waals surface area (Å²) in [5, 5.41) is 8.00. The maximum Gasteiger partial charge on any atom is 0.262 e. The van der Waals surface area contributed by atoms with Gasteiger partial charge in [-0.2, -0.15) is 4.99 Å². The third-order valence-corrected chi connectivity index (χ3v) is 7.72. The third kappa shape index (κ3) is 5.58. The monoisotopic (exact) mass is 470 g/mol. The number of amidine groups is 1. The standard InChI is InChI=1S/C23H26N4O3S2/c1-15(18-9-6-12-31-18)24-21(29)16-7-5-8-17(13-16)25-20(28)14-19-22(30)26-23(32-19)27-10-3-2-4-11-27/h5-9,12-13,15,19H,2-4,10-11,14H2,1H3,(H,24,29)(H,25,28)/t15-,19+/m1/s1. The number of hydrogen-bond acceptors (Lipinski definition) is 6. The number of carbonyl (C=O) groups is 3. The van der Waals surface area contributed by atoms with Crippen molar-refractivity contribution in [1.82, 2.24) is 10.2 Å². The van der Waals surface area contributed by atoms with Gasteiger partial charge in [0.2, 0.25) is 5.91 Å². The van der Waals surface area contributed by atoms with Crippen molar-refractivity contribution < 1.29 is 14.4 Å². The molecule has 7 nitrogen and oxygen atoms in total. The first-order chi connectivity index (χ1) is 15.5. The van der Waals surface area contributed by atoms with E-state index in [1.165, 1.54) is 18.2 Å². The van der Waals surface area contributed by atoms with Gasteiger partial charge in [-0.3, -0.25) is 14.4 Å². The Morgan fingerprint density at radius 2 is 2.00 bits per heavy atom. The first kappa shape index (κ1) is 22.5. The van der Waals surface area contributed by atoms with Crippen LogP contribution >= 0.6 is 23.1 Å². The molecule has 4 rings (SSSR count). The zero-order valence-corrected chi connectivity index (χ0v) is 19.5. The van der Waals surface area contributed by atoms with Gasteiger partial charge in [-0.25, -0.2) is 0 Å². The van der Waals surface area contributed by atoms with E-state index >= 15 is 0 Å². The van der Waals surface area contributed by atoms with E-state index < -0.39 is 5.25 Å². The zero-order valence-electron chi connectivity index (χ0n) is 17.9. The van der Waals surface area contributed by atoms with Crippen molar-refractivity contribution in [2.45, 2.75) is 43.9 Å². The van der Waals surface area contributed by atoms with Crippen LogP contribution in [0.5, 0.6) is 0 Å². The van der Waals surface area contributed by atoms with Gasteiger partial charge >= 0.3 is 0 Å². The number of hydrogen-bond donors (Lipinski definition) is 2. The van der Waals surface area contributed by atoms with E-state index in [4.69, 9.17) is 0 Å². The molecule has 0 aliphatic carbocycles. The lowest BCUT2D eigenvalue weighted by Crippen LogP contribution is -2.33. The smallest absolute Gasteiger partial charge is 0.262 e. The molecule has 1 fully saturated rings. The largest absolute Gasteiger partial charge is 0.351 e. The van der Waals surface area contributed by atoms with Crippen LogP contribution < -0.4 is 10.6 Å². The third-order valence-electron chi connectivity index (χ3n) is 5.45. The molecule has 32 heavy (non-hydrogen) atoms. The summed E-state index contributed by atoms with van der Waals surface area (Å²) in [6.45, 7) is 3.77. The number of benzene rings is 1. The van der Waals surface area contributed by atoms with Gasteiger partial charge < -0.3 is 15.5 Å². The second kappa shape index (κ2) is 10.3. The number of amides is 3. The van der Waals surface area contributed by atoms with Crippen molar-refractivity contribution in [2.75, 3.05) is 18.4 Å². The summed E-state index contributed by atoms with van der Waals surface area (Å²) in [7, 11) is 0. The Balaban J connectivity index is 1.31. The Hall–Kier alpha value is -2.65. The average molecular weight is 471 g/mol. The Morgan fingerprint density at radius 1 is 1.19 bits per heavy atom. The second-order valence-corrected chi connectivity index (χ2v) is 10.1. The highest BCUT2D eigenvalue weighted by molar-refractivity contribution is 8.15. The number of rotatable bonds is 6. The first-order valence-electron chi connectivity index (χ1n) is 10.8. The average Bonchev–Trinajstić information content (AvgIpc) is 3.45. The van der Waals surface area contributed by atoms with Gasteiger partial charge in [0.1, 0.15) is 5.25 Å². The Bertz CT molecular complexity index is 1020. The lowest BCUT2D eigenvalue weighted by Gasteiger charge is -2.27. The molecule has 2 N–H and O–H groups in total. The van der Waals surface area contributed by atoms with E-state index in [9.17, 15) is 14.4 Å². The number of carbonyl (C=O) groups excluding carboxylic acids is 3. The van der Waals surface area contributed by atoms with Crippen LogP contribution in [0.3, 0.4) is 0 Å². The fraction of sp³-hybridized carbons (Fsp3) is 0.391. The van der Waals surface area contributed by atoms with Crippen LogP contribution in [-0.4, -0.2) is 46.1 Å². The molecule has 1 aromatic carbocycles. The molecular formula is C23H26N4O3S2. The molecule has 2 aromatic rings. The minimum Gasteiger partial charge on any atom is -0.351 e. The molecule has 2 aliphatic rings. The number of thioether (sulfide) groups is 1. The summed E-state index contributed by atoms with van der Waals surface area (Å²) >= 11 is 2.97. The normalized spacial score (nSPS) is 19.4. The number of thiophene rings is 1. The van der Waals surface area contributed by atoms with E-state index in [0.29, 0.717) is 11.3 Å².